The maximum absolute atomic E-state index is 11.0. The summed E-state index contributed by atoms with van der Waals surface area (Å²) in [6.45, 7) is 5.46. The molecule has 0 saturated heterocycles. The first-order valence-electron chi connectivity index (χ1n) is 3.62. The van der Waals surface area contributed by atoms with Gasteiger partial charge in [0.1, 0.15) is 9.84 Å². The molecule has 0 saturated carbocycles. The first-order chi connectivity index (χ1) is 4.62. The summed E-state index contributed by atoms with van der Waals surface area (Å²) in [5.74, 6) is 0.636. The molecular formula is C7H15O2S. The normalized spacial score (nSPS) is 11.8. The molecule has 2 nitrogen and oxygen atoms in total. The molecule has 0 bridgehead atoms. The lowest BCUT2D eigenvalue weighted by Crippen LogP contribution is -2.09. The smallest absolute Gasteiger partial charge is 0.150 e. The summed E-state index contributed by atoms with van der Waals surface area (Å²) in [5.41, 5.74) is 0. The van der Waals surface area contributed by atoms with Crippen molar-refractivity contribution in [2.75, 3.05) is 11.5 Å². The lowest BCUT2D eigenvalue weighted by molar-refractivity contribution is 0.592. The second kappa shape index (κ2) is 4.72. The fourth-order valence-electron chi connectivity index (χ4n) is 0.735. The third-order valence-corrected chi connectivity index (χ3v) is 3.16. The van der Waals surface area contributed by atoms with E-state index in [0.29, 0.717) is 24.3 Å². The average molecular weight is 163 g/mol. The highest BCUT2D eigenvalue weighted by molar-refractivity contribution is 7.91. The average Bonchev–Trinajstić information content (AvgIpc) is 1.84. The van der Waals surface area contributed by atoms with E-state index in [-0.39, 0.29) is 0 Å². The van der Waals surface area contributed by atoms with Crippen LogP contribution in [0.25, 0.3) is 0 Å². The quantitative estimate of drug-likeness (QED) is 0.614. The van der Waals surface area contributed by atoms with E-state index < -0.39 is 9.84 Å². The molecule has 0 atom stereocenters. The van der Waals surface area contributed by atoms with Crippen LogP contribution in [0.5, 0.6) is 0 Å². The molecule has 0 amide bonds. The van der Waals surface area contributed by atoms with Crippen LogP contribution in [0.2, 0.25) is 0 Å². The van der Waals surface area contributed by atoms with Gasteiger partial charge in [0.2, 0.25) is 0 Å². The van der Waals surface area contributed by atoms with E-state index in [1.54, 1.807) is 0 Å². The molecule has 3 heteroatoms. The Labute approximate surface area is 63.6 Å². The van der Waals surface area contributed by atoms with Gasteiger partial charge < -0.3 is 0 Å². The summed E-state index contributed by atoms with van der Waals surface area (Å²) in [7, 11) is -2.73. The van der Waals surface area contributed by atoms with Gasteiger partial charge in [0.25, 0.3) is 0 Å². The molecule has 0 fully saturated rings. The first kappa shape index (κ1) is 9.95. The Balaban J connectivity index is 3.65. The van der Waals surface area contributed by atoms with E-state index in [4.69, 9.17) is 0 Å². The Bertz CT molecular complexity index is 158. The summed E-state index contributed by atoms with van der Waals surface area (Å²) < 4.78 is 21.9. The van der Waals surface area contributed by atoms with Crippen LogP contribution in [-0.4, -0.2) is 19.9 Å². The molecule has 0 aliphatic carbocycles. The van der Waals surface area contributed by atoms with Crippen LogP contribution in [-0.2, 0) is 9.84 Å². The van der Waals surface area contributed by atoms with Crippen molar-refractivity contribution in [3.8, 4) is 0 Å². The van der Waals surface area contributed by atoms with Gasteiger partial charge in [0.15, 0.2) is 0 Å². The molecule has 61 valence electrons. The van der Waals surface area contributed by atoms with E-state index in [1.165, 1.54) is 0 Å². The van der Waals surface area contributed by atoms with Gasteiger partial charge in [-0.15, -0.1) is 0 Å². The Morgan fingerprint density at radius 2 is 1.90 bits per heavy atom. The first-order valence-corrected chi connectivity index (χ1v) is 5.44. The monoisotopic (exact) mass is 163 g/mol. The molecule has 0 N–H and O–H groups in total. The SMILES string of the molecule is [CH2]CCCS(=O)(=O)CCC. The van der Waals surface area contributed by atoms with Crippen molar-refractivity contribution in [1.82, 2.24) is 0 Å². The molecule has 0 aromatic rings. The number of rotatable bonds is 5. The zero-order chi connectivity index (χ0) is 8.04. The van der Waals surface area contributed by atoms with Crippen LogP contribution in [0.4, 0.5) is 0 Å². The molecule has 0 spiro atoms. The van der Waals surface area contributed by atoms with Gasteiger partial charge in [-0.2, -0.15) is 0 Å². The van der Waals surface area contributed by atoms with Gasteiger partial charge in [0, 0.05) is 5.75 Å². The van der Waals surface area contributed by atoms with Crippen LogP contribution < -0.4 is 0 Å². The van der Waals surface area contributed by atoms with Crippen LogP contribution in [0.3, 0.4) is 0 Å². The predicted octanol–water partition coefficient (Wildman–Crippen LogP) is 1.43. The van der Waals surface area contributed by atoms with Gasteiger partial charge in [-0.1, -0.05) is 20.3 Å². The van der Waals surface area contributed by atoms with Crippen LogP contribution in [0.15, 0.2) is 0 Å². The number of unbranched alkanes of at least 4 members (excludes halogenated alkanes) is 1. The number of hydrogen-bond acceptors (Lipinski definition) is 2. The fourth-order valence-corrected chi connectivity index (χ4v) is 2.21. The van der Waals surface area contributed by atoms with E-state index in [2.05, 4.69) is 6.92 Å². The zero-order valence-electron chi connectivity index (χ0n) is 6.47. The van der Waals surface area contributed by atoms with Crippen molar-refractivity contribution in [3.63, 3.8) is 0 Å². The maximum Gasteiger partial charge on any atom is 0.150 e. The van der Waals surface area contributed by atoms with Crippen LogP contribution >= 0.6 is 0 Å². The van der Waals surface area contributed by atoms with E-state index in [1.807, 2.05) is 6.92 Å². The minimum Gasteiger partial charge on any atom is -0.229 e. The fraction of sp³-hybridized carbons (Fsp3) is 0.857. The summed E-state index contributed by atoms with van der Waals surface area (Å²) in [6.07, 6.45) is 2.13. The predicted molar refractivity (Wildman–Crippen MR) is 43.5 cm³/mol. The molecule has 1 radical (unpaired) electrons. The topological polar surface area (TPSA) is 34.1 Å². The minimum atomic E-state index is -2.73. The second-order valence-corrected chi connectivity index (χ2v) is 4.66. The van der Waals surface area contributed by atoms with Gasteiger partial charge >= 0.3 is 0 Å². The van der Waals surface area contributed by atoms with Gasteiger partial charge in [0.05, 0.1) is 5.75 Å². The Hall–Kier alpha value is -0.0500. The summed E-state index contributed by atoms with van der Waals surface area (Å²) in [4.78, 5) is 0. The molecular weight excluding hydrogens is 148 g/mol. The van der Waals surface area contributed by atoms with Crippen molar-refractivity contribution in [2.45, 2.75) is 26.2 Å². The summed E-state index contributed by atoms with van der Waals surface area (Å²) >= 11 is 0. The highest BCUT2D eigenvalue weighted by Gasteiger charge is 2.06. The van der Waals surface area contributed by atoms with E-state index >= 15 is 0 Å². The summed E-state index contributed by atoms with van der Waals surface area (Å²) in [6, 6.07) is 0. The van der Waals surface area contributed by atoms with Crippen molar-refractivity contribution < 1.29 is 8.42 Å². The Kier molecular flexibility index (Phi) is 4.69. The van der Waals surface area contributed by atoms with Crippen molar-refractivity contribution in [1.29, 1.82) is 0 Å². The third kappa shape index (κ3) is 4.79. The number of hydrogen-bond donors (Lipinski definition) is 0. The van der Waals surface area contributed by atoms with Crippen LogP contribution in [0.1, 0.15) is 26.2 Å². The molecule has 0 aliphatic heterocycles. The largest absolute Gasteiger partial charge is 0.229 e. The molecule has 10 heavy (non-hydrogen) atoms. The maximum atomic E-state index is 11.0. The molecule has 0 rings (SSSR count). The van der Waals surface area contributed by atoms with Gasteiger partial charge in [-0.25, -0.2) is 8.42 Å². The lowest BCUT2D eigenvalue weighted by Gasteiger charge is -1.98. The van der Waals surface area contributed by atoms with Crippen molar-refractivity contribution in [2.24, 2.45) is 0 Å². The lowest BCUT2D eigenvalue weighted by atomic mass is 10.4. The Morgan fingerprint density at radius 1 is 1.30 bits per heavy atom. The molecule has 0 aliphatic rings. The van der Waals surface area contributed by atoms with Gasteiger partial charge in [-0.3, -0.25) is 0 Å². The molecule has 0 aromatic carbocycles. The minimum absolute atomic E-state index is 0.310. The zero-order valence-corrected chi connectivity index (χ0v) is 7.28. The summed E-state index contributed by atoms with van der Waals surface area (Å²) in [5, 5.41) is 0. The van der Waals surface area contributed by atoms with Crippen molar-refractivity contribution >= 4 is 9.84 Å². The van der Waals surface area contributed by atoms with Crippen LogP contribution in [0, 0.1) is 6.92 Å². The second-order valence-electron chi connectivity index (χ2n) is 2.36. The third-order valence-electron chi connectivity index (χ3n) is 1.22. The van der Waals surface area contributed by atoms with E-state index in [9.17, 15) is 8.42 Å². The van der Waals surface area contributed by atoms with Crippen molar-refractivity contribution in [3.05, 3.63) is 6.92 Å². The number of sulfone groups is 1. The Morgan fingerprint density at radius 3 is 2.30 bits per heavy atom. The molecule has 0 unspecified atom stereocenters. The standard InChI is InChI=1S/C7H15O2S/c1-3-5-7-10(8,9)6-4-2/h1,3-7H2,2H3. The van der Waals surface area contributed by atoms with E-state index in [0.717, 1.165) is 6.42 Å². The highest BCUT2D eigenvalue weighted by atomic mass is 32.2. The van der Waals surface area contributed by atoms with Gasteiger partial charge in [-0.05, 0) is 12.8 Å². The molecule has 0 heterocycles. The highest BCUT2D eigenvalue weighted by Crippen LogP contribution is 1.97. The molecule has 0 aromatic heterocycles.